The number of nitrogen functional groups attached to an aromatic ring is 1. The minimum absolute atomic E-state index is 0.119. The number of nitrogens with two attached hydrogens (primary N) is 1. The highest BCUT2D eigenvalue weighted by molar-refractivity contribution is 7.18. The molecule has 1 saturated heterocycles. The lowest BCUT2D eigenvalue weighted by Gasteiger charge is -2.35. The van der Waals surface area contributed by atoms with Crippen molar-refractivity contribution >= 4 is 27.9 Å². The van der Waals surface area contributed by atoms with Crippen LogP contribution in [0.3, 0.4) is 0 Å². The molecular weight excluding hydrogens is 284 g/mol. The SMILES string of the molecule is C=CCNC(=O)c1sc(N2CCC(N(C)C)CC2)cc1N. The molecule has 1 amide bonds. The van der Waals surface area contributed by atoms with E-state index in [1.165, 1.54) is 11.3 Å². The van der Waals surface area contributed by atoms with Crippen molar-refractivity contribution in [1.82, 2.24) is 10.2 Å². The molecule has 1 fully saturated rings. The van der Waals surface area contributed by atoms with Crippen LogP contribution in [0.4, 0.5) is 10.7 Å². The van der Waals surface area contributed by atoms with Crippen LogP contribution >= 0.6 is 11.3 Å². The molecule has 0 saturated carbocycles. The Morgan fingerprint density at radius 2 is 2.24 bits per heavy atom. The van der Waals surface area contributed by atoms with Crippen LogP contribution in [0.15, 0.2) is 18.7 Å². The molecule has 0 spiro atoms. The van der Waals surface area contributed by atoms with Crippen molar-refractivity contribution in [2.24, 2.45) is 0 Å². The zero-order valence-electron chi connectivity index (χ0n) is 12.8. The van der Waals surface area contributed by atoms with Crippen LogP contribution in [0.5, 0.6) is 0 Å². The van der Waals surface area contributed by atoms with Crippen LogP contribution in [-0.2, 0) is 0 Å². The van der Waals surface area contributed by atoms with Crippen LogP contribution in [0, 0.1) is 0 Å². The van der Waals surface area contributed by atoms with Gasteiger partial charge in [0.15, 0.2) is 0 Å². The molecule has 5 nitrogen and oxygen atoms in total. The molecule has 0 bridgehead atoms. The number of carbonyl (C=O) groups excluding carboxylic acids is 1. The quantitative estimate of drug-likeness (QED) is 0.814. The standard InChI is InChI=1S/C15H24N4OS/c1-4-7-17-15(20)14-12(16)10-13(21-14)19-8-5-11(6-9-19)18(2)3/h4,10-11H,1,5-9,16H2,2-3H3,(H,17,20). The Balaban J connectivity index is 2.02. The zero-order chi connectivity index (χ0) is 15.4. The topological polar surface area (TPSA) is 61.6 Å². The van der Waals surface area contributed by atoms with E-state index >= 15 is 0 Å². The molecular formula is C15H24N4OS. The Morgan fingerprint density at radius 1 is 1.57 bits per heavy atom. The maximum atomic E-state index is 12.0. The fourth-order valence-corrected chi connectivity index (χ4v) is 3.62. The summed E-state index contributed by atoms with van der Waals surface area (Å²) in [5.74, 6) is -0.119. The maximum absolute atomic E-state index is 12.0. The van der Waals surface area contributed by atoms with E-state index in [0.29, 0.717) is 23.2 Å². The van der Waals surface area contributed by atoms with Crippen LogP contribution in [0.2, 0.25) is 0 Å². The minimum atomic E-state index is -0.119. The molecule has 1 aromatic rings. The molecule has 1 aliphatic rings. The zero-order valence-corrected chi connectivity index (χ0v) is 13.6. The molecule has 0 aliphatic carbocycles. The molecule has 2 rings (SSSR count). The monoisotopic (exact) mass is 308 g/mol. The summed E-state index contributed by atoms with van der Waals surface area (Å²) in [7, 11) is 4.26. The second kappa shape index (κ2) is 6.95. The molecule has 1 aliphatic heterocycles. The van der Waals surface area contributed by atoms with Crippen molar-refractivity contribution in [2.45, 2.75) is 18.9 Å². The highest BCUT2D eigenvalue weighted by Crippen LogP contribution is 2.34. The summed E-state index contributed by atoms with van der Waals surface area (Å²) in [6, 6.07) is 2.57. The summed E-state index contributed by atoms with van der Waals surface area (Å²) in [4.78, 5) is 17.2. The first kappa shape index (κ1) is 15.9. The number of anilines is 2. The van der Waals surface area contributed by atoms with Gasteiger partial charge in [-0.1, -0.05) is 6.08 Å². The lowest BCUT2D eigenvalue weighted by atomic mass is 10.0. The smallest absolute Gasteiger partial charge is 0.263 e. The number of nitrogens with one attached hydrogen (secondary N) is 1. The average molecular weight is 308 g/mol. The largest absolute Gasteiger partial charge is 0.397 e. The number of thiophene rings is 1. The van der Waals surface area contributed by atoms with E-state index < -0.39 is 0 Å². The molecule has 0 unspecified atom stereocenters. The predicted molar refractivity (Wildman–Crippen MR) is 90.2 cm³/mol. The normalized spacial score (nSPS) is 16.2. The van der Waals surface area contributed by atoms with E-state index in [1.54, 1.807) is 6.08 Å². The lowest BCUT2D eigenvalue weighted by molar-refractivity contribution is 0.0963. The Morgan fingerprint density at radius 3 is 2.81 bits per heavy atom. The first-order valence-corrected chi connectivity index (χ1v) is 8.04. The molecule has 0 aromatic carbocycles. The van der Waals surface area contributed by atoms with E-state index in [-0.39, 0.29) is 5.91 Å². The predicted octanol–water partition coefficient (Wildman–Crippen LogP) is 1.78. The number of amides is 1. The Bertz CT molecular complexity index is 504. The number of hydrogen-bond donors (Lipinski definition) is 2. The van der Waals surface area contributed by atoms with Gasteiger partial charge in [0.1, 0.15) is 4.88 Å². The van der Waals surface area contributed by atoms with Gasteiger partial charge in [-0.15, -0.1) is 17.9 Å². The van der Waals surface area contributed by atoms with Crippen molar-refractivity contribution in [3.05, 3.63) is 23.6 Å². The third kappa shape index (κ3) is 3.77. The summed E-state index contributed by atoms with van der Waals surface area (Å²) >= 11 is 1.48. The van der Waals surface area contributed by atoms with Gasteiger partial charge in [0.2, 0.25) is 0 Å². The summed E-state index contributed by atoms with van der Waals surface area (Å²) in [6.07, 6.45) is 3.94. The van der Waals surface area contributed by atoms with Crippen molar-refractivity contribution in [3.8, 4) is 0 Å². The second-order valence-corrected chi connectivity index (χ2v) is 6.58. The summed E-state index contributed by atoms with van der Waals surface area (Å²) in [6.45, 7) is 6.07. The number of carbonyl (C=O) groups is 1. The summed E-state index contributed by atoms with van der Waals surface area (Å²) in [5, 5.41) is 3.87. The van der Waals surface area contributed by atoms with Gasteiger partial charge in [0, 0.05) is 25.7 Å². The molecule has 3 N–H and O–H groups in total. The van der Waals surface area contributed by atoms with Crippen molar-refractivity contribution in [3.63, 3.8) is 0 Å². The molecule has 6 heteroatoms. The van der Waals surface area contributed by atoms with Crippen LogP contribution in [0.1, 0.15) is 22.5 Å². The van der Waals surface area contributed by atoms with Crippen molar-refractivity contribution < 1.29 is 4.79 Å². The number of rotatable bonds is 5. The van der Waals surface area contributed by atoms with E-state index in [9.17, 15) is 4.79 Å². The molecule has 116 valence electrons. The van der Waals surface area contributed by atoms with Gasteiger partial charge < -0.3 is 20.9 Å². The van der Waals surface area contributed by atoms with E-state index in [2.05, 4.69) is 35.8 Å². The van der Waals surface area contributed by atoms with E-state index in [1.807, 2.05) is 6.07 Å². The number of piperidine rings is 1. The first-order chi connectivity index (χ1) is 10.0. The summed E-state index contributed by atoms with van der Waals surface area (Å²) < 4.78 is 0. The highest BCUT2D eigenvalue weighted by Gasteiger charge is 2.23. The highest BCUT2D eigenvalue weighted by atomic mass is 32.1. The average Bonchev–Trinajstić information content (AvgIpc) is 2.87. The molecule has 1 aromatic heterocycles. The van der Waals surface area contributed by atoms with Gasteiger partial charge in [-0.25, -0.2) is 0 Å². The third-order valence-corrected chi connectivity index (χ3v) is 5.08. The van der Waals surface area contributed by atoms with Gasteiger partial charge in [-0.05, 0) is 33.0 Å². The van der Waals surface area contributed by atoms with Gasteiger partial charge >= 0.3 is 0 Å². The maximum Gasteiger partial charge on any atom is 0.263 e. The van der Waals surface area contributed by atoms with E-state index in [0.717, 1.165) is 30.9 Å². The molecule has 0 radical (unpaired) electrons. The fourth-order valence-electron chi connectivity index (χ4n) is 2.57. The Hall–Kier alpha value is -1.53. The van der Waals surface area contributed by atoms with Crippen LogP contribution in [-0.4, -0.2) is 50.6 Å². The van der Waals surface area contributed by atoms with Crippen LogP contribution < -0.4 is 16.0 Å². The Labute approximate surface area is 130 Å². The fraction of sp³-hybridized carbons (Fsp3) is 0.533. The molecule has 21 heavy (non-hydrogen) atoms. The van der Waals surface area contributed by atoms with Gasteiger partial charge in [-0.3, -0.25) is 4.79 Å². The van der Waals surface area contributed by atoms with Crippen molar-refractivity contribution in [1.29, 1.82) is 0 Å². The first-order valence-electron chi connectivity index (χ1n) is 7.22. The van der Waals surface area contributed by atoms with Gasteiger partial charge in [0.05, 0.1) is 10.7 Å². The number of nitrogens with zero attached hydrogens (tertiary/aromatic N) is 2. The van der Waals surface area contributed by atoms with Crippen LogP contribution in [0.25, 0.3) is 0 Å². The minimum Gasteiger partial charge on any atom is -0.397 e. The van der Waals surface area contributed by atoms with Gasteiger partial charge in [-0.2, -0.15) is 0 Å². The Kier molecular flexibility index (Phi) is 5.25. The van der Waals surface area contributed by atoms with Gasteiger partial charge in [0.25, 0.3) is 5.91 Å². The summed E-state index contributed by atoms with van der Waals surface area (Å²) in [5.41, 5.74) is 6.55. The lowest BCUT2D eigenvalue weighted by Crippen LogP contribution is -2.41. The third-order valence-electron chi connectivity index (χ3n) is 3.87. The van der Waals surface area contributed by atoms with E-state index in [4.69, 9.17) is 5.73 Å². The second-order valence-electron chi connectivity index (χ2n) is 5.55. The molecule has 0 atom stereocenters. The number of hydrogen-bond acceptors (Lipinski definition) is 5. The van der Waals surface area contributed by atoms with Crippen molar-refractivity contribution in [2.75, 3.05) is 44.4 Å². The molecule has 2 heterocycles.